The SMILES string of the molecule is CCCC[N+](CCCC)(CCCC)CCCC.[BH3-]CCCC(c1cccc2ccccc12)(c1cccc2ccccc12)c1cccc2ccccc12. The molecule has 0 aliphatic carbocycles. The Labute approximate surface area is 317 Å². The second-order valence-electron chi connectivity index (χ2n) is 14.7. The van der Waals surface area contributed by atoms with Crippen molar-refractivity contribution in [2.45, 2.75) is 104 Å². The zero-order valence-electron chi connectivity index (χ0n) is 32.2. The maximum Gasteiger partial charge on any atom is 0.0786 e. The molecule has 0 N–H and O–H groups in total. The third-order valence-corrected chi connectivity index (χ3v) is 11.2. The van der Waals surface area contributed by atoms with E-state index in [0.29, 0.717) is 7.85 Å². The lowest BCUT2D eigenvalue weighted by atomic mass is 9.63. The zero-order chi connectivity index (χ0) is 36.7. The van der Waals surface area contributed by atoms with Crippen LogP contribution in [0.15, 0.2) is 127 Å². The zero-order valence-corrected chi connectivity index (χ0v) is 32.2. The van der Waals surface area contributed by atoms with E-state index in [0.717, 1.165) is 6.42 Å². The highest BCUT2D eigenvalue weighted by Gasteiger charge is 2.39. The first kappa shape index (κ1) is 39.3. The monoisotopic (exact) mass is 692 g/mol. The van der Waals surface area contributed by atoms with Gasteiger partial charge in [-0.15, -0.1) is 0 Å². The summed E-state index contributed by atoms with van der Waals surface area (Å²) in [5.41, 5.74) is 4.04. The molecule has 2 heteroatoms. The van der Waals surface area contributed by atoms with E-state index in [1.165, 1.54) is 144 Å². The molecule has 0 unspecified atom stereocenters. The van der Waals surface area contributed by atoms with Crippen molar-refractivity contribution in [3.05, 3.63) is 144 Å². The molecule has 0 heterocycles. The van der Waals surface area contributed by atoms with Crippen LogP contribution in [0.2, 0.25) is 6.32 Å². The second-order valence-corrected chi connectivity index (χ2v) is 14.7. The Kier molecular flexibility index (Phi) is 15.0. The van der Waals surface area contributed by atoms with Gasteiger partial charge in [0.1, 0.15) is 0 Å². The molecular weight excluding hydrogens is 625 g/mol. The van der Waals surface area contributed by atoms with E-state index in [4.69, 9.17) is 0 Å². The maximum absolute atomic E-state index is 2.40. The van der Waals surface area contributed by atoms with Crippen molar-refractivity contribution in [1.82, 2.24) is 0 Å². The average molecular weight is 692 g/mol. The molecule has 274 valence electrons. The van der Waals surface area contributed by atoms with Gasteiger partial charge in [-0.05, 0) is 89.0 Å². The topological polar surface area (TPSA) is 0 Å². The van der Waals surface area contributed by atoms with Gasteiger partial charge in [-0.25, -0.2) is 0 Å². The van der Waals surface area contributed by atoms with Crippen LogP contribution in [0.25, 0.3) is 32.3 Å². The number of benzene rings is 6. The van der Waals surface area contributed by atoms with Crippen molar-refractivity contribution in [1.29, 1.82) is 0 Å². The molecule has 0 aliphatic heterocycles. The Morgan fingerprint density at radius 3 is 1.02 bits per heavy atom. The number of quaternary nitrogens is 1. The molecule has 0 spiro atoms. The molecule has 0 saturated carbocycles. The number of nitrogens with zero attached hydrogens (tertiary/aromatic N) is 1. The third-order valence-electron chi connectivity index (χ3n) is 11.2. The van der Waals surface area contributed by atoms with Crippen LogP contribution in [-0.2, 0) is 5.41 Å². The summed E-state index contributed by atoms with van der Waals surface area (Å²) in [6, 6.07) is 47.5. The van der Waals surface area contributed by atoms with Crippen LogP contribution in [-0.4, -0.2) is 38.5 Å². The number of unbranched alkanes of at least 4 members (excludes halogenated alkanes) is 4. The fourth-order valence-electron chi connectivity index (χ4n) is 8.54. The number of hydrogen-bond donors (Lipinski definition) is 0. The minimum atomic E-state index is -0.239. The molecule has 0 fully saturated rings. The molecule has 0 aromatic heterocycles. The predicted molar refractivity (Wildman–Crippen MR) is 235 cm³/mol. The van der Waals surface area contributed by atoms with E-state index in [2.05, 4.69) is 155 Å². The van der Waals surface area contributed by atoms with Crippen molar-refractivity contribution < 1.29 is 4.48 Å². The largest absolute Gasteiger partial charge is 0.324 e. The van der Waals surface area contributed by atoms with E-state index in [9.17, 15) is 0 Å². The Balaban J connectivity index is 0.000000262. The molecule has 0 saturated heterocycles. The first-order valence-corrected chi connectivity index (χ1v) is 20.2. The highest BCUT2D eigenvalue weighted by molar-refractivity contribution is 6.08. The molecule has 6 aromatic rings. The first-order chi connectivity index (χ1) is 25.6. The lowest BCUT2D eigenvalue weighted by molar-refractivity contribution is -0.929. The summed E-state index contributed by atoms with van der Waals surface area (Å²) >= 11 is 0. The summed E-state index contributed by atoms with van der Waals surface area (Å²) in [5, 5.41) is 8.02. The second kappa shape index (κ2) is 19.8. The summed E-state index contributed by atoms with van der Waals surface area (Å²) in [6.07, 6.45) is 14.8. The molecule has 0 amide bonds. The van der Waals surface area contributed by atoms with Gasteiger partial charge in [0, 0.05) is 5.41 Å². The van der Waals surface area contributed by atoms with Crippen molar-refractivity contribution in [3.8, 4) is 0 Å². The molecule has 1 nitrogen and oxygen atoms in total. The van der Waals surface area contributed by atoms with Gasteiger partial charge in [0.15, 0.2) is 0 Å². The fraction of sp³-hybridized carbons (Fsp3) is 0.400. The molecule has 6 aromatic carbocycles. The number of rotatable bonds is 18. The molecule has 0 aliphatic rings. The van der Waals surface area contributed by atoms with Gasteiger partial charge in [-0.2, -0.15) is 6.32 Å². The Hall–Kier alpha value is -3.88. The summed E-state index contributed by atoms with van der Waals surface area (Å²) in [5.74, 6) is 0. The molecule has 0 radical (unpaired) electrons. The van der Waals surface area contributed by atoms with Crippen LogP contribution >= 0.6 is 0 Å². The molecule has 52 heavy (non-hydrogen) atoms. The number of fused-ring (bicyclic) bond motifs is 3. The van der Waals surface area contributed by atoms with Gasteiger partial charge in [0.25, 0.3) is 0 Å². The van der Waals surface area contributed by atoms with E-state index < -0.39 is 0 Å². The van der Waals surface area contributed by atoms with Crippen molar-refractivity contribution in [2.24, 2.45) is 0 Å². The van der Waals surface area contributed by atoms with Gasteiger partial charge in [-0.1, -0.05) is 187 Å². The van der Waals surface area contributed by atoms with Gasteiger partial charge in [0.2, 0.25) is 0 Å². The van der Waals surface area contributed by atoms with E-state index in [1.807, 2.05) is 0 Å². The Morgan fingerprint density at radius 2 is 0.712 bits per heavy atom. The number of hydrogen-bond acceptors (Lipinski definition) is 0. The highest BCUT2D eigenvalue weighted by Crippen LogP contribution is 2.50. The quantitative estimate of drug-likeness (QED) is 0.0478. The standard InChI is InChI=1S/C34H30B.C16H36N/c35-24-10-23-34(31-20-7-14-25-11-1-4-17-28(25)31,32-21-8-15-26-12-2-5-18-29(26)32)33-22-9-16-27-13-3-6-19-30(27)33;1-5-9-13-17(14-10-6-2,15-11-7-3)16-12-8-4/h1-9,11-22H,10,23-24H2,35H3;5-16H2,1-4H3/q-1;+1. The maximum atomic E-state index is 2.40. The van der Waals surface area contributed by atoms with Gasteiger partial charge in [-0.3, -0.25) is 0 Å². The smallest absolute Gasteiger partial charge is 0.0786 e. The molecule has 0 atom stereocenters. The molecular formula is C50H66BN. The fourth-order valence-corrected chi connectivity index (χ4v) is 8.54. The lowest BCUT2D eigenvalue weighted by Crippen LogP contribution is -2.50. The summed E-state index contributed by atoms with van der Waals surface area (Å²) in [4.78, 5) is 0. The average Bonchev–Trinajstić information content (AvgIpc) is 3.21. The minimum Gasteiger partial charge on any atom is -0.324 e. The van der Waals surface area contributed by atoms with Crippen LogP contribution in [0.1, 0.15) is 109 Å². The van der Waals surface area contributed by atoms with Gasteiger partial charge in [0.05, 0.1) is 26.2 Å². The van der Waals surface area contributed by atoms with Crippen LogP contribution < -0.4 is 0 Å². The molecule has 0 bridgehead atoms. The van der Waals surface area contributed by atoms with E-state index in [-0.39, 0.29) is 5.41 Å². The van der Waals surface area contributed by atoms with Gasteiger partial charge < -0.3 is 4.48 Å². The minimum absolute atomic E-state index is 0.239. The summed E-state index contributed by atoms with van der Waals surface area (Å²) in [6.45, 7) is 15.0. The van der Waals surface area contributed by atoms with Crippen molar-refractivity contribution >= 4 is 40.2 Å². The van der Waals surface area contributed by atoms with Crippen LogP contribution in [0.4, 0.5) is 0 Å². The summed E-state index contributed by atoms with van der Waals surface area (Å²) < 4.78 is 1.42. The van der Waals surface area contributed by atoms with Crippen LogP contribution in [0.3, 0.4) is 0 Å². The van der Waals surface area contributed by atoms with Crippen LogP contribution in [0, 0.1) is 0 Å². The third kappa shape index (κ3) is 9.01. The van der Waals surface area contributed by atoms with E-state index >= 15 is 0 Å². The van der Waals surface area contributed by atoms with Crippen molar-refractivity contribution in [3.63, 3.8) is 0 Å². The predicted octanol–water partition coefficient (Wildman–Crippen LogP) is 13.0. The van der Waals surface area contributed by atoms with Gasteiger partial charge >= 0.3 is 0 Å². The Bertz CT molecular complexity index is 1710. The van der Waals surface area contributed by atoms with E-state index in [1.54, 1.807) is 0 Å². The first-order valence-electron chi connectivity index (χ1n) is 20.2. The summed E-state index contributed by atoms with van der Waals surface area (Å²) in [7, 11) is 0.354. The molecule has 6 rings (SSSR count). The van der Waals surface area contributed by atoms with Crippen LogP contribution in [0.5, 0.6) is 0 Å². The van der Waals surface area contributed by atoms with Crippen molar-refractivity contribution in [2.75, 3.05) is 26.2 Å². The Morgan fingerprint density at radius 1 is 0.404 bits per heavy atom. The normalized spacial score (nSPS) is 11.9. The highest BCUT2D eigenvalue weighted by atomic mass is 15.3. The lowest BCUT2D eigenvalue weighted by Gasteiger charge is -2.39.